The van der Waals surface area contributed by atoms with Crippen LogP contribution in [-0.2, 0) is 0 Å². The van der Waals surface area contributed by atoms with Gasteiger partial charge in [0.2, 0.25) is 5.82 Å². The van der Waals surface area contributed by atoms with Crippen LogP contribution in [0.25, 0.3) is 21.6 Å². The highest BCUT2D eigenvalue weighted by Gasteiger charge is 2.17. The second-order valence-electron chi connectivity index (χ2n) is 6.77. The summed E-state index contributed by atoms with van der Waals surface area (Å²) in [7, 11) is 0. The molecule has 1 aromatic heterocycles. The summed E-state index contributed by atoms with van der Waals surface area (Å²) in [5.41, 5.74) is 3.11. The lowest BCUT2D eigenvalue weighted by molar-refractivity contribution is 0.322. The summed E-state index contributed by atoms with van der Waals surface area (Å²) in [4.78, 5) is 2.40. The molecular weight excluding hydrogens is 362 g/mol. The molecule has 27 heavy (non-hydrogen) atoms. The molecule has 1 nitrogen and oxygen atoms in total. The monoisotopic (exact) mass is 382 g/mol. The summed E-state index contributed by atoms with van der Waals surface area (Å²) in [5.74, 6) is -1.83. The topological polar surface area (TPSA) is 9.23 Å². The minimum Gasteiger partial charge on any atom is -0.486 e. The standard InChI is InChI=1S/C23H20F2OS/c1-15-6-13-21(27-15)18-9-7-17(8-10-18)19-11-12-20(23(25)22(19)24)26-14-16-4-2-3-5-16/h4,6-13H,2-3,5,14H2,1H3. The molecule has 0 saturated heterocycles. The number of hydrogen-bond donors (Lipinski definition) is 0. The fourth-order valence-electron chi connectivity index (χ4n) is 3.31. The Morgan fingerprint density at radius 1 is 0.926 bits per heavy atom. The van der Waals surface area contributed by atoms with Crippen molar-refractivity contribution in [3.8, 4) is 27.3 Å². The summed E-state index contributed by atoms with van der Waals surface area (Å²) >= 11 is 1.71. The van der Waals surface area contributed by atoms with E-state index in [1.807, 2.05) is 24.3 Å². The van der Waals surface area contributed by atoms with Gasteiger partial charge in [0.15, 0.2) is 11.6 Å². The zero-order chi connectivity index (χ0) is 18.8. The smallest absolute Gasteiger partial charge is 0.201 e. The van der Waals surface area contributed by atoms with Crippen LogP contribution in [0.15, 0.2) is 60.2 Å². The zero-order valence-corrected chi connectivity index (χ0v) is 15.9. The van der Waals surface area contributed by atoms with E-state index in [2.05, 4.69) is 25.1 Å². The van der Waals surface area contributed by atoms with Gasteiger partial charge in [0.1, 0.15) is 6.61 Å². The number of allylic oxidation sites excluding steroid dienone is 1. The first-order valence-corrected chi connectivity index (χ1v) is 9.89. The van der Waals surface area contributed by atoms with Gasteiger partial charge in [-0.25, -0.2) is 4.39 Å². The molecule has 0 radical (unpaired) electrons. The summed E-state index contributed by atoms with van der Waals surface area (Å²) in [6.07, 6.45) is 5.22. The number of thiophene rings is 1. The number of aryl methyl sites for hydroxylation is 1. The Morgan fingerprint density at radius 3 is 2.37 bits per heavy atom. The van der Waals surface area contributed by atoms with Gasteiger partial charge in [-0.2, -0.15) is 4.39 Å². The van der Waals surface area contributed by atoms with Gasteiger partial charge in [-0.3, -0.25) is 0 Å². The third-order valence-electron chi connectivity index (χ3n) is 4.82. The van der Waals surface area contributed by atoms with Crippen molar-refractivity contribution < 1.29 is 13.5 Å². The normalized spacial score (nSPS) is 13.7. The van der Waals surface area contributed by atoms with Gasteiger partial charge >= 0.3 is 0 Å². The van der Waals surface area contributed by atoms with Crippen LogP contribution in [0.5, 0.6) is 5.75 Å². The maximum absolute atomic E-state index is 14.6. The van der Waals surface area contributed by atoms with Crippen molar-refractivity contribution in [2.45, 2.75) is 26.2 Å². The van der Waals surface area contributed by atoms with Crippen LogP contribution in [0, 0.1) is 18.6 Å². The lowest BCUT2D eigenvalue weighted by Crippen LogP contribution is -2.03. The van der Waals surface area contributed by atoms with Crippen molar-refractivity contribution in [1.82, 2.24) is 0 Å². The third kappa shape index (κ3) is 3.81. The molecular formula is C23H20F2OS. The van der Waals surface area contributed by atoms with Crippen LogP contribution >= 0.6 is 11.3 Å². The first-order valence-electron chi connectivity index (χ1n) is 9.08. The quantitative estimate of drug-likeness (QED) is 0.425. The lowest BCUT2D eigenvalue weighted by Gasteiger charge is -2.11. The van der Waals surface area contributed by atoms with E-state index in [0.717, 1.165) is 35.3 Å². The van der Waals surface area contributed by atoms with Crippen molar-refractivity contribution in [3.63, 3.8) is 0 Å². The number of ether oxygens (including phenoxy) is 1. The average molecular weight is 382 g/mol. The summed E-state index contributed by atoms with van der Waals surface area (Å²) < 4.78 is 34.5. The van der Waals surface area contributed by atoms with Crippen LogP contribution in [0.4, 0.5) is 8.78 Å². The van der Waals surface area contributed by atoms with E-state index in [4.69, 9.17) is 4.74 Å². The SMILES string of the molecule is Cc1ccc(-c2ccc(-c3ccc(OCC4=CCCC4)c(F)c3F)cc2)s1. The molecule has 3 aromatic rings. The van der Waals surface area contributed by atoms with Gasteiger partial charge in [0.25, 0.3) is 0 Å². The molecule has 138 valence electrons. The fraction of sp³-hybridized carbons (Fsp3) is 0.217. The van der Waals surface area contributed by atoms with Crippen LogP contribution in [0.3, 0.4) is 0 Å². The molecule has 1 aliphatic carbocycles. The highest BCUT2D eigenvalue weighted by Crippen LogP contribution is 2.33. The van der Waals surface area contributed by atoms with E-state index in [0.29, 0.717) is 12.2 Å². The molecule has 0 saturated carbocycles. The molecule has 0 bridgehead atoms. The Hall–Kier alpha value is -2.46. The van der Waals surface area contributed by atoms with Crippen LogP contribution in [0.2, 0.25) is 0 Å². The fourth-order valence-corrected chi connectivity index (χ4v) is 4.18. The third-order valence-corrected chi connectivity index (χ3v) is 5.87. The van der Waals surface area contributed by atoms with Crippen LogP contribution in [0.1, 0.15) is 24.1 Å². The van der Waals surface area contributed by atoms with Crippen LogP contribution < -0.4 is 4.74 Å². The van der Waals surface area contributed by atoms with Crippen molar-refractivity contribution in [2.75, 3.05) is 6.61 Å². The molecule has 1 heterocycles. The van der Waals surface area contributed by atoms with E-state index in [1.54, 1.807) is 17.4 Å². The number of rotatable bonds is 5. The maximum Gasteiger partial charge on any atom is 0.201 e. The highest BCUT2D eigenvalue weighted by atomic mass is 32.1. The Morgan fingerprint density at radius 2 is 1.70 bits per heavy atom. The van der Waals surface area contributed by atoms with Crippen LogP contribution in [-0.4, -0.2) is 6.61 Å². The molecule has 4 heteroatoms. The van der Waals surface area contributed by atoms with E-state index in [-0.39, 0.29) is 11.3 Å². The number of benzene rings is 2. The molecule has 2 aromatic carbocycles. The van der Waals surface area contributed by atoms with Gasteiger partial charge < -0.3 is 4.74 Å². The number of hydrogen-bond acceptors (Lipinski definition) is 2. The summed E-state index contributed by atoms with van der Waals surface area (Å²) in [6.45, 7) is 2.39. The van der Waals surface area contributed by atoms with E-state index in [1.165, 1.54) is 10.9 Å². The lowest BCUT2D eigenvalue weighted by atomic mass is 10.0. The maximum atomic E-state index is 14.6. The Balaban J connectivity index is 1.55. The van der Waals surface area contributed by atoms with Crippen molar-refractivity contribution in [1.29, 1.82) is 0 Å². The molecule has 1 aliphatic rings. The van der Waals surface area contributed by atoms with Crippen molar-refractivity contribution >= 4 is 11.3 Å². The number of halogens is 2. The zero-order valence-electron chi connectivity index (χ0n) is 15.1. The molecule has 0 unspecified atom stereocenters. The minimum atomic E-state index is -0.927. The Kier molecular flexibility index (Phi) is 5.08. The van der Waals surface area contributed by atoms with Gasteiger partial charge in [-0.1, -0.05) is 30.3 Å². The predicted molar refractivity (Wildman–Crippen MR) is 107 cm³/mol. The van der Waals surface area contributed by atoms with E-state index >= 15 is 0 Å². The first-order chi connectivity index (χ1) is 13.1. The predicted octanol–water partition coefficient (Wildman–Crippen LogP) is 7.16. The van der Waals surface area contributed by atoms with Gasteiger partial charge in [0.05, 0.1) is 0 Å². The second-order valence-corrected chi connectivity index (χ2v) is 8.06. The minimum absolute atomic E-state index is 0.0327. The average Bonchev–Trinajstić information content (AvgIpc) is 3.35. The molecule has 0 aliphatic heterocycles. The first kappa shape index (κ1) is 17.9. The largest absolute Gasteiger partial charge is 0.486 e. The molecule has 0 fully saturated rings. The molecule has 0 spiro atoms. The molecule has 0 N–H and O–H groups in total. The second kappa shape index (κ2) is 7.65. The van der Waals surface area contributed by atoms with E-state index < -0.39 is 11.6 Å². The van der Waals surface area contributed by atoms with Crippen molar-refractivity contribution in [3.05, 3.63) is 76.7 Å². The van der Waals surface area contributed by atoms with Gasteiger partial charge in [0, 0.05) is 15.3 Å². The highest BCUT2D eigenvalue weighted by molar-refractivity contribution is 7.15. The summed E-state index contributed by atoms with van der Waals surface area (Å²) in [5, 5.41) is 0. The van der Waals surface area contributed by atoms with Gasteiger partial charge in [-0.05, 0) is 67.2 Å². The molecule has 0 atom stereocenters. The Bertz CT molecular complexity index is 986. The summed E-state index contributed by atoms with van der Waals surface area (Å²) in [6, 6.07) is 14.8. The molecule has 4 rings (SSSR count). The molecule has 0 amide bonds. The van der Waals surface area contributed by atoms with E-state index in [9.17, 15) is 8.78 Å². The van der Waals surface area contributed by atoms with Crippen molar-refractivity contribution in [2.24, 2.45) is 0 Å². The Labute approximate surface area is 161 Å². The van der Waals surface area contributed by atoms with Gasteiger partial charge in [-0.15, -0.1) is 11.3 Å².